The van der Waals surface area contributed by atoms with Crippen LogP contribution in [-0.4, -0.2) is 74.9 Å². The van der Waals surface area contributed by atoms with Gasteiger partial charge in [0.05, 0.1) is 6.10 Å². The lowest BCUT2D eigenvalue weighted by Gasteiger charge is -2.43. The van der Waals surface area contributed by atoms with Crippen LogP contribution in [0.25, 0.3) is 11.1 Å². The van der Waals surface area contributed by atoms with Gasteiger partial charge in [-0.05, 0) is 67.3 Å². The number of anilines is 3. The minimum atomic E-state index is -0.792. The fraction of sp³-hybridized carbons (Fsp3) is 0.531. The van der Waals surface area contributed by atoms with E-state index < -0.39 is 6.23 Å². The Labute approximate surface area is 243 Å². The minimum absolute atomic E-state index is 0.114. The summed E-state index contributed by atoms with van der Waals surface area (Å²) in [7, 11) is 0. The third-order valence-corrected chi connectivity index (χ3v) is 8.83. The highest BCUT2D eigenvalue weighted by Crippen LogP contribution is 2.46. The molecule has 1 aromatic carbocycles. The van der Waals surface area contributed by atoms with E-state index in [9.17, 15) is 10.2 Å². The summed E-state index contributed by atoms with van der Waals surface area (Å²) in [5, 5.41) is 25.4. The molecule has 4 heterocycles. The van der Waals surface area contributed by atoms with Crippen LogP contribution < -0.4 is 15.1 Å². The Kier molecular flexibility index (Phi) is 8.37. The molecule has 218 valence electrons. The summed E-state index contributed by atoms with van der Waals surface area (Å²) in [5.41, 5.74) is 5.31. The maximum absolute atomic E-state index is 11.9. The Morgan fingerprint density at radius 2 is 1.71 bits per heavy atom. The van der Waals surface area contributed by atoms with E-state index in [4.69, 9.17) is 4.98 Å². The quantitative estimate of drug-likeness (QED) is 0.371. The highest BCUT2D eigenvalue weighted by atomic mass is 16.3. The summed E-state index contributed by atoms with van der Waals surface area (Å²) < 4.78 is 0. The van der Waals surface area contributed by atoms with Crippen molar-refractivity contribution in [1.29, 1.82) is 0 Å². The first kappa shape index (κ1) is 27.9. The van der Waals surface area contributed by atoms with E-state index in [1.807, 2.05) is 18.6 Å². The summed E-state index contributed by atoms with van der Waals surface area (Å²) in [6, 6.07) is 10.8. The van der Waals surface area contributed by atoms with Crippen LogP contribution in [-0.2, 0) is 6.54 Å². The van der Waals surface area contributed by atoms with Crippen LogP contribution in [0.4, 0.5) is 17.5 Å². The van der Waals surface area contributed by atoms with Gasteiger partial charge in [0.1, 0.15) is 5.82 Å². The third-order valence-electron chi connectivity index (χ3n) is 8.83. The highest BCUT2D eigenvalue weighted by Gasteiger charge is 2.37. The van der Waals surface area contributed by atoms with Crippen LogP contribution in [0.15, 0.2) is 48.9 Å². The maximum Gasteiger partial charge on any atom is 0.224 e. The molecule has 2 aromatic heterocycles. The highest BCUT2D eigenvalue weighted by molar-refractivity contribution is 5.82. The number of hydrogen-bond acceptors (Lipinski definition) is 9. The van der Waals surface area contributed by atoms with Crippen LogP contribution >= 0.6 is 0 Å². The fourth-order valence-electron chi connectivity index (χ4n) is 6.44. The summed E-state index contributed by atoms with van der Waals surface area (Å²) in [5.74, 6) is 1.98. The van der Waals surface area contributed by atoms with Crippen LogP contribution in [0, 0.1) is 5.92 Å². The van der Waals surface area contributed by atoms with Crippen molar-refractivity contribution in [2.45, 2.75) is 70.9 Å². The zero-order valence-corrected chi connectivity index (χ0v) is 24.3. The number of pyridine rings is 1. The smallest absolute Gasteiger partial charge is 0.224 e. The van der Waals surface area contributed by atoms with Crippen LogP contribution in [0.5, 0.6) is 0 Å². The van der Waals surface area contributed by atoms with Gasteiger partial charge in [-0.25, -0.2) is 4.98 Å². The van der Waals surface area contributed by atoms with Crippen LogP contribution in [0.2, 0.25) is 0 Å². The van der Waals surface area contributed by atoms with E-state index in [1.165, 1.54) is 11.3 Å². The Hall–Kier alpha value is -3.27. The first-order valence-corrected chi connectivity index (χ1v) is 15.2. The van der Waals surface area contributed by atoms with E-state index in [0.29, 0.717) is 11.9 Å². The van der Waals surface area contributed by atoms with Gasteiger partial charge in [-0.15, -0.1) is 0 Å². The number of piperazine rings is 1. The van der Waals surface area contributed by atoms with E-state index >= 15 is 0 Å². The lowest BCUT2D eigenvalue weighted by molar-refractivity contribution is 0.100. The SMILES string of the molecule is CC(C)CCNc1ncc2c(n1)N(C1CCC(O)CC1)C(O)c1cc(CN3CCN(c4ccncc4)CC3)ccc1-2. The molecule has 1 atom stereocenters. The molecular weight excluding hydrogens is 514 g/mol. The molecule has 9 heteroatoms. The lowest BCUT2D eigenvalue weighted by atomic mass is 9.87. The number of aliphatic hydroxyl groups excluding tert-OH is 2. The average Bonchev–Trinajstić information content (AvgIpc) is 2.99. The van der Waals surface area contributed by atoms with Crippen molar-refractivity contribution in [2.75, 3.05) is 47.8 Å². The number of nitrogens with one attached hydrogen (secondary N) is 1. The molecule has 2 fully saturated rings. The van der Waals surface area contributed by atoms with Crippen LogP contribution in [0.3, 0.4) is 0 Å². The van der Waals surface area contributed by atoms with E-state index in [0.717, 1.165) is 93.9 Å². The summed E-state index contributed by atoms with van der Waals surface area (Å²) in [4.78, 5) is 20.8. The number of hydrogen-bond donors (Lipinski definition) is 3. The van der Waals surface area contributed by atoms with Crippen LogP contribution in [0.1, 0.15) is 63.3 Å². The first-order chi connectivity index (χ1) is 20.0. The van der Waals surface area contributed by atoms with Crippen molar-refractivity contribution in [3.8, 4) is 11.1 Å². The molecule has 1 saturated heterocycles. The second-order valence-corrected chi connectivity index (χ2v) is 12.2. The molecule has 3 aromatic rings. The molecule has 6 rings (SSSR count). The molecule has 0 radical (unpaired) electrons. The van der Waals surface area contributed by atoms with Crippen molar-refractivity contribution >= 4 is 17.5 Å². The number of benzene rings is 1. The molecule has 9 nitrogen and oxygen atoms in total. The number of rotatable bonds is 8. The number of fused-ring (bicyclic) bond motifs is 3. The minimum Gasteiger partial charge on any atom is -0.393 e. The number of nitrogens with zero attached hydrogens (tertiary/aromatic N) is 6. The van der Waals surface area contributed by atoms with Crippen molar-refractivity contribution in [3.63, 3.8) is 0 Å². The van der Waals surface area contributed by atoms with Gasteiger partial charge in [0.2, 0.25) is 5.95 Å². The number of aromatic nitrogens is 3. The molecule has 0 spiro atoms. The van der Waals surface area contributed by atoms with E-state index in [1.54, 1.807) is 0 Å². The topological polar surface area (TPSA) is 101 Å². The summed E-state index contributed by atoms with van der Waals surface area (Å²) in [6.45, 7) is 10.0. The standard InChI is InChI=1S/C32H43N7O2/c1-22(2)9-14-34-32-35-20-29-27-8-3-23(21-37-15-17-38(18-16-37)24-10-12-33-13-11-24)19-28(27)31(41)39(30(29)36-32)25-4-6-26(40)7-5-25/h3,8,10-13,19-20,22,25-26,31,40-41H,4-7,9,14-18,21H2,1-2H3,(H,34,35,36). The van der Waals surface area contributed by atoms with Crippen molar-refractivity contribution < 1.29 is 10.2 Å². The van der Waals surface area contributed by atoms with Crippen molar-refractivity contribution in [3.05, 3.63) is 60.0 Å². The summed E-state index contributed by atoms with van der Waals surface area (Å²) >= 11 is 0. The molecule has 2 aliphatic heterocycles. The van der Waals surface area contributed by atoms with Crippen molar-refractivity contribution in [1.82, 2.24) is 19.9 Å². The predicted octanol–water partition coefficient (Wildman–Crippen LogP) is 4.43. The Morgan fingerprint density at radius 3 is 2.44 bits per heavy atom. The van der Waals surface area contributed by atoms with E-state index in [-0.39, 0.29) is 12.1 Å². The molecule has 1 aliphatic carbocycles. The molecular formula is C32H43N7O2. The lowest BCUT2D eigenvalue weighted by Crippen LogP contribution is -2.46. The van der Waals surface area contributed by atoms with Gasteiger partial charge < -0.3 is 25.3 Å². The van der Waals surface area contributed by atoms with Gasteiger partial charge in [-0.3, -0.25) is 9.88 Å². The summed E-state index contributed by atoms with van der Waals surface area (Å²) in [6.07, 6.45) is 8.74. The molecule has 1 saturated carbocycles. The Morgan fingerprint density at radius 1 is 0.951 bits per heavy atom. The largest absolute Gasteiger partial charge is 0.393 e. The first-order valence-electron chi connectivity index (χ1n) is 15.2. The molecule has 3 N–H and O–H groups in total. The molecule has 0 bridgehead atoms. The third kappa shape index (κ3) is 6.17. The molecule has 3 aliphatic rings. The predicted molar refractivity (Wildman–Crippen MR) is 163 cm³/mol. The number of aliphatic hydroxyl groups is 2. The average molecular weight is 558 g/mol. The monoisotopic (exact) mass is 557 g/mol. The van der Waals surface area contributed by atoms with Gasteiger partial charge >= 0.3 is 0 Å². The van der Waals surface area contributed by atoms with Crippen molar-refractivity contribution in [2.24, 2.45) is 5.92 Å². The van der Waals surface area contributed by atoms with Gasteiger partial charge in [0.25, 0.3) is 0 Å². The normalized spacial score (nSPS) is 22.9. The molecule has 0 amide bonds. The molecule has 1 unspecified atom stereocenters. The Bertz CT molecular complexity index is 1300. The maximum atomic E-state index is 11.9. The molecule has 41 heavy (non-hydrogen) atoms. The van der Waals surface area contributed by atoms with Gasteiger partial charge in [0, 0.05) is 80.7 Å². The second-order valence-electron chi connectivity index (χ2n) is 12.2. The van der Waals surface area contributed by atoms with Gasteiger partial charge in [-0.1, -0.05) is 26.0 Å². The second kappa shape index (κ2) is 12.3. The fourth-order valence-corrected chi connectivity index (χ4v) is 6.44. The zero-order chi connectivity index (χ0) is 28.3. The Balaban J connectivity index is 1.23. The van der Waals surface area contributed by atoms with Gasteiger partial charge in [0.15, 0.2) is 6.23 Å². The van der Waals surface area contributed by atoms with E-state index in [2.05, 4.69) is 74.2 Å². The van der Waals surface area contributed by atoms with Gasteiger partial charge in [-0.2, -0.15) is 4.98 Å². The zero-order valence-electron chi connectivity index (χ0n) is 24.3.